The molecule has 0 aromatic heterocycles. The fraction of sp³-hybridized carbons (Fsp3) is 0.0800. The van der Waals surface area contributed by atoms with Crippen LogP contribution in [0.1, 0.15) is 16.7 Å². The summed E-state index contributed by atoms with van der Waals surface area (Å²) in [6.45, 7) is 0.212. The first kappa shape index (κ1) is 23.2. The van der Waals surface area contributed by atoms with Gasteiger partial charge < -0.3 is 10.2 Å². The molecule has 35 heavy (non-hydrogen) atoms. The summed E-state index contributed by atoms with van der Waals surface area (Å²) in [6, 6.07) is 18.7. The van der Waals surface area contributed by atoms with Crippen LogP contribution in [0.4, 0.5) is 24.5 Å². The normalized spacial score (nSPS) is 18.9. The highest BCUT2D eigenvalue weighted by molar-refractivity contribution is 8.18. The molecule has 2 aliphatic heterocycles. The lowest BCUT2D eigenvalue weighted by Crippen LogP contribution is -2.27. The van der Waals surface area contributed by atoms with Crippen LogP contribution in [0.3, 0.4) is 0 Å². The molecule has 0 radical (unpaired) electrons. The number of alkyl halides is 3. The molecule has 10 heteroatoms. The molecule has 0 saturated carbocycles. The number of hydrogen-bond donors (Lipinski definition) is 1. The number of para-hydroxylation sites is 1. The minimum atomic E-state index is -4.51. The Kier molecular flexibility index (Phi) is 5.90. The number of nitrogens with zero attached hydrogens (tertiary/aromatic N) is 2. The number of nitrogens with one attached hydrogen (secondary N) is 1. The average molecular weight is 514 g/mol. The topological polar surface area (TPSA) is 61.8 Å². The van der Waals surface area contributed by atoms with Crippen LogP contribution in [0.15, 0.2) is 82.7 Å². The Labute approximate surface area is 207 Å². The van der Waals surface area contributed by atoms with Gasteiger partial charge in [0.05, 0.1) is 34.0 Å². The summed E-state index contributed by atoms with van der Waals surface area (Å²) in [7, 11) is 0. The molecule has 0 aliphatic carbocycles. The Morgan fingerprint density at radius 3 is 2.49 bits per heavy atom. The van der Waals surface area contributed by atoms with Crippen molar-refractivity contribution < 1.29 is 22.8 Å². The maximum absolute atomic E-state index is 13.5. The van der Waals surface area contributed by atoms with Crippen molar-refractivity contribution in [2.45, 2.75) is 12.7 Å². The highest BCUT2D eigenvalue weighted by Crippen LogP contribution is 2.44. The lowest BCUT2D eigenvalue weighted by molar-refractivity contribution is -0.137. The second kappa shape index (κ2) is 8.90. The van der Waals surface area contributed by atoms with Gasteiger partial charge >= 0.3 is 6.18 Å². The second-order valence-electron chi connectivity index (χ2n) is 7.73. The second-order valence-corrected chi connectivity index (χ2v) is 9.13. The number of anilines is 1. The van der Waals surface area contributed by atoms with Crippen molar-refractivity contribution in [3.05, 3.63) is 99.4 Å². The molecule has 1 fully saturated rings. The summed E-state index contributed by atoms with van der Waals surface area (Å²) in [4.78, 5) is 32.2. The van der Waals surface area contributed by atoms with Gasteiger partial charge in [0.1, 0.15) is 0 Å². The summed E-state index contributed by atoms with van der Waals surface area (Å²) in [5, 5.41) is 3.16. The van der Waals surface area contributed by atoms with E-state index in [1.165, 1.54) is 12.1 Å². The van der Waals surface area contributed by atoms with Crippen molar-refractivity contribution in [2.75, 3.05) is 4.90 Å². The van der Waals surface area contributed by atoms with E-state index in [0.29, 0.717) is 16.3 Å². The highest BCUT2D eigenvalue weighted by atomic mass is 35.5. The van der Waals surface area contributed by atoms with Gasteiger partial charge in [0.2, 0.25) is 0 Å². The van der Waals surface area contributed by atoms with E-state index in [-0.39, 0.29) is 33.8 Å². The smallest absolute Gasteiger partial charge is 0.303 e. The van der Waals surface area contributed by atoms with E-state index in [1.807, 2.05) is 12.1 Å². The van der Waals surface area contributed by atoms with Crippen LogP contribution in [0.5, 0.6) is 0 Å². The molecule has 5 nitrogen and oxygen atoms in total. The Balaban J connectivity index is 1.51. The molecule has 1 saturated heterocycles. The Morgan fingerprint density at radius 2 is 1.71 bits per heavy atom. The van der Waals surface area contributed by atoms with Crippen LogP contribution in [0.25, 0.3) is 5.57 Å². The number of carbonyl (C=O) groups is 2. The first-order valence-corrected chi connectivity index (χ1v) is 11.6. The Morgan fingerprint density at radius 1 is 0.971 bits per heavy atom. The van der Waals surface area contributed by atoms with Gasteiger partial charge in [-0.25, -0.2) is 4.99 Å². The number of fused-ring (bicyclic) bond motifs is 1. The molecule has 2 aliphatic rings. The fourth-order valence-electron chi connectivity index (χ4n) is 3.86. The van der Waals surface area contributed by atoms with E-state index >= 15 is 0 Å². The number of hydrogen-bond acceptors (Lipinski definition) is 4. The molecule has 2 amide bonds. The van der Waals surface area contributed by atoms with Crippen molar-refractivity contribution in [1.82, 2.24) is 5.32 Å². The van der Waals surface area contributed by atoms with E-state index in [2.05, 4.69) is 10.3 Å². The third-order valence-corrected chi connectivity index (χ3v) is 6.82. The summed E-state index contributed by atoms with van der Waals surface area (Å²) in [5.41, 5.74) is 1.37. The van der Waals surface area contributed by atoms with E-state index in [9.17, 15) is 22.8 Å². The molecule has 0 spiro atoms. The molecule has 1 N–H and O–H groups in total. The summed E-state index contributed by atoms with van der Waals surface area (Å²) in [5.74, 6) is -0.914. The zero-order valence-electron chi connectivity index (χ0n) is 17.8. The zero-order chi connectivity index (χ0) is 24.7. The number of thioether (sulfide) groups is 1. The van der Waals surface area contributed by atoms with Crippen LogP contribution in [-0.4, -0.2) is 17.0 Å². The Hall–Kier alpha value is -3.56. The van der Waals surface area contributed by atoms with Crippen LogP contribution < -0.4 is 10.2 Å². The highest BCUT2D eigenvalue weighted by Gasteiger charge is 2.39. The molecule has 0 atom stereocenters. The lowest BCUT2D eigenvalue weighted by atomic mass is 10.1. The average Bonchev–Trinajstić information content (AvgIpc) is 3.31. The van der Waals surface area contributed by atoms with E-state index in [4.69, 9.17) is 11.6 Å². The molecule has 176 valence electrons. The van der Waals surface area contributed by atoms with Gasteiger partial charge in [0, 0.05) is 10.6 Å². The number of amides is 2. The van der Waals surface area contributed by atoms with Gasteiger partial charge in [-0.05, 0) is 47.7 Å². The molecule has 5 rings (SSSR count). The summed E-state index contributed by atoms with van der Waals surface area (Å²) >= 11 is 7.21. The van der Waals surface area contributed by atoms with Crippen molar-refractivity contribution in [3.8, 4) is 0 Å². The number of carbonyl (C=O) groups excluding carboxylic acids is 2. The van der Waals surface area contributed by atoms with Gasteiger partial charge in [0.15, 0.2) is 5.17 Å². The molecular formula is C25H15ClF3N3O2S. The molecule has 3 aromatic carbocycles. The number of benzene rings is 3. The quantitative estimate of drug-likeness (QED) is 0.426. The standard InChI is InChI=1S/C25H15ClF3N3O2S/c26-18-10-3-1-6-14(18)13-32-19-11-4-2-9-17(19)20(23(32)34)21-22(33)31-24(35-21)30-16-8-5-7-15(12-16)25(27,28)29/h1-12H,13H2,(H,30,31,33)/b21-20-. The molecule has 0 unspecified atom stereocenters. The zero-order valence-corrected chi connectivity index (χ0v) is 19.3. The molecule has 2 heterocycles. The first-order valence-electron chi connectivity index (χ1n) is 10.4. The third kappa shape index (κ3) is 4.44. The van der Waals surface area contributed by atoms with Crippen LogP contribution in [0.2, 0.25) is 5.02 Å². The maximum atomic E-state index is 13.5. The van der Waals surface area contributed by atoms with E-state index < -0.39 is 17.6 Å². The van der Waals surface area contributed by atoms with Gasteiger partial charge in [-0.1, -0.05) is 54.1 Å². The van der Waals surface area contributed by atoms with Crippen LogP contribution in [-0.2, 0) is 22.3 Å². The van der Waals surface area contributed by atoms with Crippen molar-refractivity contribution >= 4 is 57.3 Å². The monoisotopic (exact) mass is 513 g/mol. The fourth-order valence-corrected chi connectivity index (χ4v) is 4.99. The van der Waals surface area contributed by atoms with E-state index in [0.717, 1.165) is 29.5 Å². The summed E-state index contributed by atoms with van der Waals surface area (Å²) < 4.78 is 39.1. The predicted molar refractivity (Wildman–Crippen MR) is 130 cm³/mol. The SMILES string of the molecule is O=C1NC(=Nc2cccc(C(F)(F)F)c2)S/C1=C1\C(=O)N(Cc2ccccc2Cl)c2ccccc21. The van der Waals surface area contributed by atoms with Crippen molar-refractivity contribution in [1.29, 1.82) is 0 Å². The number of rotatable bonds is 3. The third-order valence-electron chi connectivity index (χ3n) is 5.47. The van der Waals surface area contributed by atoms with Gasteiger partial charge in [-0.2, -0.15) is 13.2 Å². The number of aliphatic imine (C=N–C) groups is 1. The van der Waals surface area contributed by atoms with Crippen molar-refractivity contribution in [3.63, 3.8) is 0 Å². The number of amidine groups is 1. The maximum Gasteiger partial charge on any atom is 0.416 e. The molecular weight excluding hydrogens is 499 g/mol. The number of halogens is 4. The van der Waals surface area contributed by atoms with Crippen LogP contribution in [0, 0.1) is 0 Å². The van der Waals surface area contributed by atoms with Crippen LogP contribution >= 0.6 is 23.4 Å². The lowest BCUT2D eigenvalue weighted by Gasteiger charge is -2.18. The molecule has 3 aromatic rings. The predicted octanol–water partition coefficient (Wildman–Crippen LogP) is 6.17. The summed E-state index contributed by atoms with van der Waals surface area (Å²) in [6.07, 6.45) is -4.51. The minimum absolute atomic E-state index is 0.0346. The molecule has 0 bridgehead atoms. The van der Waals surface area contributed by atoms with Crippen molar-refractivity contribution in [2.24, 2.45) is 4.99 Å². The minimum Gasteiger partial charge on any atom is -0.303 e. The van der Waals surface area contributed by atoms with Gasteiger partial charge in [-0.15, -0.1) is 0 Å². The Bertz CT molecular complexity index is 1440. The van der Waals surface area contributed by atoms with E-state index in [1.54, 1.807) is 41.3 Å². The largest absolute Gasteiger partial charge is 0.416 e. The first-order chi connectivity index (χ1) is 16.7. The van der Waals surface area contributed by atoms with Gasteiger partial charge in [0.25, 0.3) is 11.8 Å². The van der Waals surface area contributed by atoms with Gasteiger partial charge in [-0.3, -0.25) is 9.59 Å².